The van der Waals surface area contributed by atoms with E-state index in [4.69, 9.17) is 0 Å². The molecule has 2 aromatic carbocycles. The fourth-order valence-corrected chi connectivity index (χ4v) is 3.54. The molecule has 1 heterocycles. The van der Waals surface area contributed by atoms with Crippen LogP contribution in [-0.4, -0.2) is 10.9 Å². The van der Waals surface area contributed by atoms with Gasteiger partial charge in [0, 0.05) is 27.3 Å². The summed E-state index contributed by atoms with van der Waals surface area (Å²) in [6.45, 7) is 2.00. The van der Waals surface area contributed by atoms with Crippen molar-refractivity contribution >= 4 is 38.4 Å². The minimum absolute atomic E-state index is 0.0107. The number of hydrogen-bond donors (Lipinski definition) is 2. The Labute approximate surface area is 147 Å². The van der Waals surface area contributed by atoms with Gasteiger partial charge >= 0.3 is 0 Å². The number of aryl methyl sites for hydroxylation is 1. The van der Waals surface area contributed by atoms with Crippen molar-refractivity contribution in [2.45, 2.75) is 25.2 Å². The number of halogens is 2. The van der Waals surface area contributed by atoms with Gasteiger partial charge in [-0.1, -0.05) is 22.0 Å². The molecule has 24 heavy (non-hydrogen) atoms. The lowest BCUT2D eigenvalue weighted by molar-refractivity contribution is -0.118. The standard InChI is InChI=1S/C19H16BrFN2O/c1-11-2-4-13(9-16(11)20)23-18(24)19(6-7-19)15-10-22-17-8-12(21)3-5-14(15)17/h2-5,8-10,22H,6-7H2,1H3,(H,23,24). The second kappa shape index (κ2) is 5.45. The highest BCUT2D eigenvalue weighted by molar-refractivity contribution is 9.10. The molecule has 0 aliphatic heterocycles. The molecule has 1 saturated carbocycles. The zero-order valence-electron chi connectivity index (χ0n) is 13.1. The van der Waals surface area contributed by atoms with Crippen LogP contribution in [0, 0.1) is 12.7 Å². The largest absolute Gasteiger partial charge is 0.361 e. The first-order valence-corrected chi connectivity index (χ1v) is 8.64. The van der Waals surface area contributed by atoms with E-state index in [0.717, 1.165) is 45.0 Å². The van der Waals surface area contributed by atoms with Crippen LogP contribution in [0.15, 0.2) is 47.1 Å². The highest BCUT2D eigenvalue weighted by atomic mass is 79.9. The number of anilines is 1. The zero-order chi connectivity index (χ0) is 16.9. The fraction of sp³-hybridized carbons (Fsp3) is 0.211. The second-order valence-corrected chi connectivity index (χ2v) is 7.25. The van der Waals surface area contributed by atoms with Crippen molar-refractivity contribution in [3.05, 3.63) is 64.0 Å². The van der Waals surface area contributed by atoms with Crippen molar-refractivity contribution in [2.75, 3.05) is 5.32 Å². The van der Waals surface area contributed by atoms with Gasteiger partial charge in [-0.25, -0.2) is 4.39 Å². The first-order valence-electron chi connectivity index (χ1n) is 7.84. The van der Waals surface area contributed by atoms with Crippen molar-refractivity contribution in [1.29, 1.82) is 0 Å². The highest BCUT2D eigenvalue weighted by Gasteiger charge is 2.52. The van der Waals surface area contributed by atoms with Crippen LogP contribution in [0.4, 0.5) is 10.1 Å². The maximum absolute atomic E-state index is 13.4. The van der Waals surface area contributed by atoms with Crippen molar-refractivity contribution in [1.82, 2.24) is 4.98 Å². The van der Waals surface area contributed by atoms with E-state index in [0.29, 0.717) is 0 Å². The minimum Gasteiger partial charge on any atom is -0.361 e. The predicted molar refractivity (Wildman–Crippen MR) is 96.7 cm³/mol. The first-order chi connectivity index (χ1) is 11.5. The zero-order valence-corrected chi connectivity index (χ0v) is 14.7. The molecular weight excluding hydrogens is 371 g/mol. The molecule has 0 saturated heterocycles. The van der Waals surface area contributed by atoms with Crippen molar-refractivity contribution in [3.63, 3.8) is 0 Å². The molecule has 5 heteroatoms. The molecule has 1 aliphatic rings. The van der Waals surface area contributed by atoms with E-state index in [-0.39, 0.29) is 11.7 Å². The Morgan fingerprint density at radius 2 is 2.04 bits per heavy atom. The van der Waals surface area contributed by atoms with Crippen LogP contribution in [0.1, 0.15) is 24.0 Å². The van der Waals surface area contributed by atoms with E-state index in [1.807, 2.05) is 31.3 Å². The van der Waals surface area contributed by atoms with Crippen LogP contribution in [0.5, 0.6) is 0 Å². The Morgan fingerprint density at radius 3 is 2.75 bits per heavy atom. The van der Waals surface area contributed by atoms with Crippen molar-refractivity contribution in [3.8, 4) is 0 Å². The third kappa shape index (κ3) is 2.44. The lowest BCUT2D eigenvalue weighted by Gasteiger charge is -2.15. The molecule has 1 amide bonds. The molecular formula is C19H16BrFN2O. The third-order valence-electron chi connectivity index (χ3n) is 4.77. The number of H-pyrrole nitrogens is 1. The predicted octanol–water partition coefficient (Wildman–Crippen LogP) is 5.05. The SMILES string of the molecule is Cc1ccc(NC(=O)C2(c3c[nH]c4cc(F)ccc34)CC2)cc1Br. The number of carbonyl (C=O) groups is 1. The summed E-state index contributed by atoms with van der Waals surface area (Å²) in [5.74, 6) is -0.293. The number of carbonyl (C=O) groups excluding carboxylic acids is 1. The number of aromatic nitrogens is 1. The summed E-state index contributed by atoms with van der Waals surface area (Å²) < 4.78 is 14.3. The number of rotatable bonds is 3. The monoisotopic (exact) mass is 386 g/mol. The Morgan fingerprint density at radius 1 is 1.25 bits per heavy atom. The molecule has 3 nitrogen and oxygen atoms in total. The van der Waals surface area contributed by atoms with E-state index >= 15 is 0 Å². The van der Waals surface area contributed by atoms with E-state index in [1.54, 1.807) is 6.07 Å². The Balaban J connectivity index is 1.66. The van der Waals surface area contributed by atoms with Gasteiger partial charge in [0.1, 0.15) is 5.82 Å². The van der Waals surface area contributed by atoms with Gasteiger partial charge in [-0.2, -0.15) is 0 Å². The number of nitrogens with one attached hydrogen (secondary N) is 2. The summed E-state index contributed by atoms with van der Waals surface area (Å²) in [6, 6.07) is 10.4. The molecule has 0 atom stereocenters. The summed E-state index contributed by atoms with van der Waals surface area (Å²) in [7, 11) is 0. The highest BCUT2D eigenvalue weighted by Crippen LogP contribution is 2.51. The molecule has 1 fully saturated rings. The molecule has 4 rings (SSSR count). The van der Waals surface area contributed by atoms with Gasteiger partial charge in [-0.3, -0.25) is 4.79 Å². The minimum atomic E-state index is -0.520. The van der Waals surface area contributed by atoms with Gasteiger partial charge in [0.25, 0.3) is 0 Å². The molecule has 1 aromatic heterocycles. The van der Waals surface area contributed by atoms with Crippen molar-refractivity contribution < 1.29 is 9.18 Å². The summed E-state index contributed by atoms with van der Waals surface area (Å²) in [6.07, 6.45) is 3.44. The van der Waals surface area contributed by atoms with Crippen molar-refractivity contribution in [2.24, 2.45) is 0 Å². The number of fused-ring (bicyclic) bond motifs is 1. The smallest absolute Gasteiger partial charge is 0.235 e. The average Bonchev–Trinajstić information content (AvgIpc) is 3.25. The fourth-order valence-electron chi connectivity index (χ4n) is 3.16. The maximum atomic E-state index is 13.4. The number of benzene rings is 2. The topological polar surface area (TPSA) is 44.9 Å². The van der Waals surface area contributed by atoms with Gasteiger partial charge in [-0.15, -0.1) is 0 Å². The van der Waals surface area contributed by atoms with E-state index < -0.39 is 5.41 Å². The molecule has 1 aliphatic carbocycles. The van der Waals surface area contributed by atoms with Gasteiger partial charge in [0.15, 0.2) is 0 Å². The van der Waals surface area contributed by atoms with Crippen LogP contribution >= 0.6 is 15.9 Å². The molecule has 0 radical (unpaired) electrons. The van der Waals surface area contributed by atoms with Crippen LogP contribution in [0.2, 0.25) is 0 Å². The average molecular weight is 387 g/mol. The van der Waals surface area contributed by atoms with Crippen LogP contribution < -0.4 is 5.32 Å². The van der Waals surface area contributed by atoms with Gasteiger partial charge in [-0.05, 0) is 61.2 Å². The quantitative estimate of drug-likeness (QED) is 0.649. The van der Waals surface area contributed by atoms with Crippen LogP contribution in [-0.2, 0) is 10.2 Å². The summed E-state index contributed by atoms with van der Waals surface area (Å²) >= 11 is 3.49. The summed E-state index contributed by atoms with van der Waals surface area (Å²) in [5, 5.41) is 3.93. The summed E-state index contributed by atoms with van der Waals surface area (Å²) in [5.41, 5.74) is 3.04. The number of amides is 1. The molecule has 122 valence electrons. The Bertz CT molecular complexity index is 959. The van der Waals surface area contributed by atoms with Crippen LogP contribution in [0.3, 0.4) is 0 Å². The van der Waals surface area contributed by atoms with E-state index in [1.165, 1.54) is 12.1 Å². The first kappa shape index (κ1) is 15.4. The second-order valence-electron chi connectivity index (χ2n) is 6.39. The maximum Gasteiger partial charge on any atom is 0.235 e. The lowest BCUT2D eigenvalue weighted by atomic mass is 9.94. The van der Waals surface area contributed by atoms with Gasteiger partial charge < -0.3 is 10.3 Å². The molecule has 0 bridgehead atoms. The van der Waals surface area contributed by atoms with E-state index in [9.17, 15) is 9.18 Å². The normalized spacial score (nSPS) is 15.5. The lowest BCUT2D eigenvalue weighted by Crippen LogP contribution is -2.27. The van der Waals surface area contributed by atoms with E-state index in [2.05, 4.69) is 26.2 Å². The molecule has 3 aromatic rings. The molecule has 0 unspecified atom stereocenters. The van der Waals surface area contributed by atoms with Gasteiger partial charge in [0.2, 0.25) is 5.91 Å². The Kier molecular flexibility index (Phi) is 3.49. The number of hydrogen-bond acceptors (Lipinski definition) is 1. The Hall–Kier alpha value is -2.14. The summed E-state index contributed by atoms with van der Waals surface area (Å²) in [4.78, 5) is 16.0. The van der Waals surface area contributed by atoms with Crippen LogP contribution in [0.25, 0.3) is 10.9 Å². The third-order valence-corrected chi connectivity index (χ3v) is 5.63. The molecule has 2 N–H and O–H groups in total. The molecule has 0 spiro atoms. The van der Waals surface area contributed by atoms with Gasteiger partial charge in [0.05, 0.1) is 5.41 Å². The number of aromatic amines is 1.